The first kappa shape index (κ1) is 14.8. The number of amides is 1. The molecule has 1 N–H and O–H groups in total. The number of hydrogen-bond acceptors (Lipinski definition) is 3. The van der Waals surface area contributed by atoms with Crippen LogP contribution in [0.5, 0.6) is 0 Å². The Bertz CT molecular complexity index is 566. The summed E-state index contributed by atoms with van der Waals surface area (Å²) in [6.45, 7) is 0.720. The highest BCUT2D eigenvalue weighted by Gasteiger charge is 2.18. The summed E-state index contributed by atoms with van der Waals surface area (Å²) in [6, 6.07) is 13.2. The van der Waals surface area contributed by atoms with Crippen molar-refractivity contribution in [1.29, 1.82) is 0 Å². The van der Waals surface area contributed by atoms with Gasteiger partial charge in [-0.15, -0.1) is 0 Å². The number of benzene rings is 1. The second kappa shape index (κ2) is 6.72. The number of halogens is 1. The van der Waals surface area contributed by atoms with Crippen LogP contribution in [0.4, 0.5) is 0 Å². The molecule has 5 heteroatoms. The van der Waals surface area contributed by atoms with Crippen molar-refractivity contribution in [3.63, 3.8) is 0 Å². The molecule has 0 unspecified atom stereocenters. The molecule has 0 aliphatic rings. The van der Waals surface area contributed by atoms with Crippen LogP contribution in [0.15, 0.2) is 51.6 Å². The minimum absolute atomic E-state index is 0.0809. The number of nitrogens with one attached hydrogen (secondary N) is 1. The van der Waals surface area contributed by atoms with Crippen molar-refractivity contribution in [1.82, 2.24) is 10.2 Å². The topological polar surface area (TPSA) is 45.5 Å². The summed E-state index contributed by atoms with van der Waals surface area (Å²) in [5, 5.41) is 3.00. The smallest absolute Gasteiger partial charge is 0.287 e. The van der Waals surface area contributed by atoms with Gasteiger partial charge in [-0.05, 0) is 47.7 Å². The standard InChI is InChI=1S/C15H17BrN2O2/c1-18(2)10-12(11-6-4-3-5-7-11)17-15(19)13-8-9-14(16)20-13/h3-9,12H,10H2,1-2H3,(H,17,19)/t12-/m0/s1. The molecule has 0 saturated carbocycles. The zero-order valence-corrected chi connectivity index (χ0v) is 13.1. The van der Waals surface area contributed by atoms with E-state index in [0.717, 1.165) is 12.1 Å². The molecule has 0 bridgehead atoms. The van der Waals surface area contributed by atoms with Gasteiger partial charge in [0.25, 0.3) is 5.91 Å². The van der Waals surface area contributed by atoms with Gasteiger partial charge in [0.2, 0.25) is 0 Å². The molecule has 2 rings (SSSR count). The van der Waals surface area contributed by atoms with Crippen molar-refractivity contribution in [2.24, 2.45) is 0 Å². The molecule has 106 valence electrons. The van der Waals surface area contributed by atoms with Crippen molar-refractivity contribution in [3.05, 3.63) is 58.5 Å². The molecule has 1 atom stereocenters. The molecule has 2 aromatic rings. The maximum Gasteiger partial charge on any atom is 0.287 e. The number of likely N-dealkylation sites (N-methyl/N-ethyl adjacent to an activating group) is 1. The van der Waals surface area contributed by atoms with E-state index in [0.29, 0.717) is 10.4 Å². The summed E-state index contributed by atoms with van der Waals surface area (Å²) in [6.07, 6.45) is 0. The lowest BCUT2D eigenvalue weighted by Crippen LogP contribution is -2.35. The number of nitrogens with zero attached hydrogens (tertiary/aromatic N) is 1. The van der Waals surface area contributed by atoms with E-state index in [1.807, 2.05) is 49.3 Å². The van der Waals surface area contributed by atoms with E-state index >= 15 is 0 Å². The summed E-state index contributed by atoms with van der Waals surface area (Å²) in [5.41, 5.74) is 1.07. The van der Waals surface area contributed by atoms with Gasteiger partial charge in [-0.1, -0.05) is 30.3 Å². The first-order valence-corrected chi connectivity index (χ1v) is 7.11. The van der Waals surface area contributed by atoms with Gasteiger partial charge in [0.15, 0.2) is 10.4 Å². The van der Waals surface area contributed by atoms with Crippen LogP contribution in [0.1, 0.15) is 22.2 Å². The Morgan fingerprint density at radius 3 is 2.50 bits per heavy atom. The lowest BCUT2D eigenvalue weighted by molar-refractivity contribution is 0.0900. The average molecular weight is 337 g/mol. The monoisotopic (exact) mass is 336 g/mol. The molecular weight excluding hydrogens is 320 g/mol. The maximum atomic E-state index is 12.2. The number of hydrogen-bond donors (Lipinski definition) is 1. The number of carbonyl (C=O) groups excluding carboxylic acids is 1. The van der Waals surface area contributed by atoms with Crippen molar-refractivity contribution in [3.8, 4) is 0 Å². The van der Waals surface area contributed by atoms with Gasteiger partial charge in [-0.2, -0.15) is 0 Å². The highest BCUT2D eigenvalue weighted by atomic mass is 79.9. The second-order valence-corrected chi connectivity index (χ2v) is 5.58. The Labute approximate surface area is 126 Å². The van der Waals surface area contributed by atoms with Crippen LogP contribution < -0.4 is 5.32 Å². The Hall–Kier alpha value is -1.59. The molecule has 0 radical (unpaired) electrons. The van der Waals surface area contributed by atoms with Crippen LogP contribution in [0.3, 0.4) is 0 Å². The first-order chi connectivity index (χ1) is 9.56. The van der Waals surface area contributed by atoms with Crippen LogP contribution in [-0.2, 0) is 0 Å². The van der Waals surface area contributed by atoms with Crippen LogP contribution in [0.2, 0.25) is 0 Å². The molecule has 4 nitrogen and oxygen atoms in total. The van der Waals surface area contributed by atoms with Gasteiger partial charge in [-0.25, -0.2) is 0 Å². The maximum absolute atomic E-state index is 12.2. The molecule has 0 spiro atoms. The Morgan fingerprint density at radius 1 is 1.25 bits per heavy atom. The number of furan rings is 1. The normalized spacial score (nSPS) is 12.4. The van der Waals surface area contributed by atoms with Crippen LogP contribution in [-0.4, -0.2) is 31.4 Å². The molecule has 1 amide bonds. The summed E-state index contributed by atoms with van der Waals surface area (Å²) in [5.74, 6) is 0.0861. The zero-order valence-electron chi connectivity index (χ0n) is 11.5. The third kappa shape index (κ3) is 3.95. The fourth-order valence-electron chi connectivity index (χ4n) is 1.95. The first-order valence-electron chi connectivity index (χ1n) is 6.32. The van der Waals surface area contributed by atoms with E-state index < -0.39 is 0 Å². The highest BCUT2D eigenvalue weighted by Crippen LogP contribution is 2.17. The fraction of sp³-hybridized carbons (Fsp3) is 0.267. The number of rotatable bonds is 5. The fourth-order valence-corrected chi connectivity index (χ4v) is 2.26. The SMILES string of the molecule is CN(C)C[C@H](NC(=O)c1ccc(Br)o1)c1ccccc1. The molecule has 1 aromatic carbocycles. The predicted octanol–water partition coefficient (Wildman–Crippen LogP) is 3.07. The average Bonchev–Trinajstić information content (AvgIpc) is 2.85. The van der Waals surface area contributed by atoms with Gasteiger partial charge in [0.1, 0.15) is 0 Å². The van der Waals surface area contributed by atoms with Gasteiger partial charge in [0.05, 0.1) is 6.04 Å². The minimum atomic E-state index is -0.216. The van der Waals surface area contributed by atoms with E-state index in [4.69, 9.17) is 4.42 Å². The van der Waals surface area contributed by atoms with Crippen molar-refractivity contribution < 1.29 is 9.21 Å². The summed E-state index contributed by atoms with van der Waals surface area (Å²) >= 11 is 3.20. The lowest BCUT2D eigenvalue weighted by atomic mass is 10.1. The summed E-state index contributed by atoms with van der Waals surface area (Å²) < 4.78 is 5.83. The Morgan fingerprint density at radius 2 is 1.95 bits per heavy atom. The second-order valence-electron chi connectivity index (χ2n) is 4.80. The third-order valence-electron chi connectivity index (χ3n) is 2.85. The summed E-state index contributed by atoms with van der Waals surface area (Å²) in [7, 11) is 3.96. The highest BCUT2D eigenvalue weighted by molar-refractivity contribution is 9.10. The van der Waals surface area contributed by atoms with Gasteiger partial charge in [0, 0.05) is 6.54 Å². The molecule has 1 heterocycles. The molecule has 0 aliphatic heterocycles. The number of carbonyl (C=O) groups is 1. The molecule has 0 fully saturated rings. The van der Waals surface area contributed by atoms with Crippen LogP contribution in [0.25, 0.3) is 0 Å². The van der Waals surface area contributed by atoms with Crippen molar-refractivity contribution in [2.75, 3.05) is 20.6 Å². The summed E-state index contributed by atoms with van der Waals surface area (Å²) in [4.78, 5) is 14.2. The molecule has 0 aliphatic carbocycles. The van der Waals surface area contributed by atoms with E-state index in [2.05, 4.69) is 21.2 Å². The van der Waals surface area contributed by atoms with Crippen LogP contribution >= 0.6 is 15.9 Å². The van der Waals surface area contributed by atoms with Crippen molar-refractivity contribution in [2.45, 2.75) is 6.04 Å². The molecule has 0 saturated heterocycles. The minimum Gasteiger partial charge on any atom is -0.444 e. The van der Waals surface area contributed by atoms with Crippen molar-refractivity contribution >= 4 is 21.8 Å². The zero-order chi connectivity index (χ0) is 14.5. The van der Waals surface area contributed by atoms with E-state index in [-0.39, 0.29) is 11.9 Å². The van der Waals surface area contributed by atoms with E-state index in [1.54, 1.807) is 12.1 Å². The molecular formula is C15H17BrN2O2. The lowest BCUT2D eigenvalue weighted by Gasteiger charge is -2.22. The predicted molar refractivity (Wildman–Crippen MR) is 81.6 cm³/mol. The Kier molecular flexibility index (Phi) is 4.98. The van der Waals surface area contributed by atoms with E-state index in [1.165, 1.54) is 0 Å². The van der Waals surface area contributed by atoms with Gasteiger partial charge >= 0.3 is 0 Å². The van der Waals surface area contributed by atoms with Gasteiger partial charge < -0.3 is 14.6 Å². The molecule has 20 heavy (non-hydrogen) atoms. The largest absolute Gasteiger partial charge is 0.444 e. The van der Waals surface area contributed by atoms with Crippen LogP contribution in [0, 0.1) is 0 Å². The van der Waals surface area contributed by atoms with E-state index in [9.17, 15) is 4.79 Å². The third-order valence-corrected chi connectivity index (χ3v) is 3.28. The Balaban J connectivity index is 2.14. The quantitative estimate of drug-likeness (QED) is 0.912. The molecule has 1 aromatic heterocycles. The van der Waals surface area contributed by atoms with Gasteiger partial charge in [-0.3, -0.25) is 4.79 Å².